The van der Waals surface area contributed by atoms with Gasteiger partial charge in [0.2, 0.25) is 5.88 Å². The summed E-state index contributed by atoms with van der Waals surface area (Å²) in [4.78, 5) is 31.2. The number of carbonyl (C=O) groups excluding carboxylic acids is 1. The van der Waals surface area contributed by atoms with Crippen LogP contribution in [0.3, 0.4) is 0 Å². The Balaban J connectivity index is 1.95. The van der Waals surface area contributed by atoms with Crippen molar-refractivity contribution in [2.24, 2.45) is 0 Å². The minimum atomic E-state index is -0.972. The molecule has 1 saturated heterocycles. The summed E-state index contributed by atoms with van der Waals surface area (Å²) in [5.41, 5.74) is 0.503. The molecule has 8 nitrogen and oxygen atoms in total. The van der Waals surface area contributed by atoms with Crippen molar-refractivity contribution in [1.29, 1.82) is 0 Å². The molecule has 1 aliphatic rings. The van der Waals surface area contributed by atoms with Gasteiger partial charge in [-0.1, -0.05) is 0 Å². The van der Waals surface area contributed by atoms with Crippen LogP contribution in [0.5, 0.6) is 5.88 Å². The van der Waals surface area contributed by atoms with E-state index in [2.05, 4.69) is 4.98 Å². The lowest BCUT2D eigenvalue weighted by atomic mass is 9.94. The number of hydrogen-bond donors (Lipinski definition) is 1. The molecule has 0 saturated carbocycles. The highest BCUT2D eigenvalue weighted by atomic mass is 19.1. The second-order valence-corrected chi connectivity index (χ2v) is 6.53. The highest BCUT2D eigenvalue weighted by molar-refractivity contribution is 5.89. The van der Waals surface area contributed by atoms with Gasteiger partial charge in [-0.05, 0) is 18.2 Å². The van der Waals surface area contributed by atoms with Crippen LogP contribution in [-0.4, -0.2) is 78.9 Å². The van der Waals surface area contributed by atoms with Crippen LogP contribution in [-0.2, 0) is 9.53 Å². The van der Waals surface area contributed by atoms with E-state index in [-0.39, 0.29) is 12.1 Å². The van der Waals surface area contributed by atoms with Crippen molar-refractivity contribution in [3.05, 3.63) is 35.6 Å². The van der Waals surface area contributed by atoms with Crippen molar-refractivity contribution in [1.82, 2.24) is 14.8 Å². The first-order chi connectivity index (χ1) is 13.4. The zero-order valence-corrected chi connectivity index (χ0v) is 15.7. The van der Waals surface area contributed by atoms with E-state index in [1.54, 1.807) is 18.2 Å². The Kier molecular flexibility index (Phi) is 5.93. The average molecular weight is 391 g/mol. The first kappa shape index (κ1) is 19.8. The molecule has 0 bridgehead atoms. The number of aromatic nitrogens is 1. The van der Waals surface area contributed by atoms with Gasteiger partial charge in [-0.25, -0.2) is 14.2 Å². The lowest BCUT2D eigenvalue weighted by molar-refractivity contribution is -0.143. The molecule has 1 fully saturated rings. The number of esters is 1. The van der Waals surface area contributed by atoms with Crippen molar-refractivity contribution in [2.45, 2.75) is 5.92 Å². The van der Waals surface area contributed by atoms with Crippen molar-refractivity contribution >= 4 is 23.0 Å². The number of pyridine rings is 1. The fraction of sp³-hybridized carbons (Fsp3) is 0.421. The molecule has 150 valence electrons. The third-order valence-corrected chi connectivity index (χ3v) is 4.95. The molecule has 1 aromatic carbocycles. The van der Waals surface area contributed by atoms with E-state index in [0.29, 0.717) is 43.0 Å². The van der Waals surface area contributed by atoms with Gasteiger partial charge in [0, 0.05) is 49.7 Å². The summed E-state index contributed by atoms with van der Waals surface area (Å²) in [6, 6.07) is 6.33. The second-order valence-electron chi connectivity index (χ2n) is 6.53. The van der Waals surface area contributed by atoms with Crippen LogP contribution in [0.2, 0.25) is 0 Å². The Morgan fingerprint density at radius 1 is 1.18 bits per heavy atom. The van der Waals surface area contributed by atoms with Gasteiger partial charge >= 0.3 is 12.1 Å². The molecule has 1 atom stereocenters. The van der Waals surface area contributed by atoms with E-state index in [4.69, 9.17) is 14.6 Å². The van der Waals surface area contributed by atoms with Crippen molar-refractivity contribution < 1.29 is 28.6 Å². The summed E-state index contributed by atoms with van der Waals surface area (Å²) in [7, 11) is 2.72. The zero-order chi connectivity index (χ0) is 20.3. The molecule has 0 aliphatic carbocycles. The number of piperazine rings is 1. The lowest BCUT2D eigenvalue weighted by Gasteiger charge is -2.34. The van der Waals surface area contributed by atoms with Gasteiger partial charge in [0.05, 0.1) is 25.7 Å². The van der Waals surface area contributed by atoms with E-state index in [1.807, 2.05) is 4.90 Å². The first-order valence-corrected chi connectivity index (χ1v) is 8.85. The molecule has 0 spiro atoms. The van der Waals surface area contributed by atoms with E-state index in [1.165, 1.54) is 25.2 Å². The summed E-state index contributed by atoms with van der Waals surface area (Å²) in [6.45, 7) is 1.75. The largest absolute Gasteiger partial charge is 0.481 e. The third kappa shape index (κ3) is 3.99. The second kappa shape index (κ2) is 8.39. The number of carbonyl (C=O) groups is 2. The molecule has 2 aromatic rings. The molecule has 9 heteroatoms. The van der Waals surface area contributed by atoms with Gasteiger partial charge in [0.25, 0.3) is 0 Å². The Morgan fingerprint density at radius 2 is 1.86 bits per heavy atom. The fourth-order valence-electron chi connectivity index (χ4n) is 3.42. The number of amides is 1. The van der Waals surface area contributed by atoms with Gasteiger partial charge < -0.3 is 19.5 Å². The Morgan fingerprint density at radius 3 is 2.46 bits per heavy atom. The minimum absolute atomic E-state index is 0.156. The molecule has 1 unspecified atom stereocenters. The smallest absolute Gasteiger partial charge is 0.407 e. The van der Waals surface area contributed by atoms with Crippen molar-refractivity contribution in [3.8, 4) is 5.88 Å². The van der Waals surface area contributed by atoms with Gasteiger partial charge in [0.15, 0.2) is 0 Å². The third-order valence-electron chi connectivity index (χ3n) is 4.95. The van der Waals surface area contributed by atoms with E-state index >= 15 is 0 Å². The number of halogens is 1. The monoisotopic (exact) mass is 391 g/mol. The first-order valence-electron chi connectivity index (χ1n) is 8.85. The molecule has 0 radical (unpaired) electrons. The Hall–Kier alpha value is -2.94. The molecule has 1 aliphatic heterocycles. The van der Waals surface area contributed by atoms with Crippen LogP contribution < -0.4 is 4.74 Å². The molecule has 1 amide bonds. The molecule has 28 heavy (non-hydrogen) atoms. The molecular weight excluding hydrogens is 369 g/mol. The topological polar surface area (TPSA) is 92.2 Å². The summed E-state index contributed by atoms with van der Waals surface area (Å²) in [5, 5.41) is 9.76. The van der Waals surface area contributed by atoms with Crippen LogP contribution in [0.15, 0.2) is 24.3 Å². The number of methoxy groups -OCH3 is 2. The SMILES string of the molecule is COC(=O)C(CN1CCN(C(=O)O)CC1)c1c(F)ccc2ccc(OC)nc12. The standard InChI is InChI=1S/C19H22FN3O5/c1-27-15-6-4-12-3-5-14(20)16(17(12)21-15)13(18(24)28-2)11-22-7-9-23(10-8-22)19(25)26/h3-6,13H,7-11H2,1-2H3,(H,25,26). The van der Waals surface area contributed by atoms with Crippen LogP contribution in [0.4, 0.5) is 9.18 Å². The molecule has 1 aromatic heterocycles. The normalized spacial score (nSPS) is 16.0. The number of fused-ring (bicyclic) bond motifs is 1. The quantitative estimate of drug-likeness (QED) is 0.779. The number of rotatable bonds is 5. The predicted molar refractivity (Wildman–Crippen MR) is 99.0 cm³/mol. The van der Waals surface area contributed by atoms with Gasteiger partial charge in [-0.2, -0.15) is 0 Å². The van der Waals surface area contributed by atoms with E-state index in [9.17, 15) is 14.0 Å². The van der Waals surface area contributed by atoms with Crippen LogP contribution in [0, 0.1) is 5.82 Å². The number of benzene rings is 1. The number of ether oxygens (including phenoxy) is 2. The molecule has 1 N–H and O–H groups in total. The highest BCUT2D eigenvalue weighted by Crippen LogP contribution is 2.30. The summed E-state index contributed by atoms with van der Waals surface area (Å²) in [6.07, 6.45) is -0.972. The minimum Gasteiger partial charge on any atom is -0.481 e. The summed E-state index contributed by atoms with van der Waals surface area (Å²) >= 11 is 0. The van der Waals surface area contributed by atoms with Gasteiger partial charge in [0.1, 0.15) is 5.82 Å². The molecule has 2 heterocycles. The summed E-state index contributed by atoms with van der Waals surface area (Å²) in [5.74, 6) is -1.70. The highest BCUT2D eigenvalue weighted by Gasteiger charge is 2.31. The van der Waals surface area contributed by atoms with Crippen molar-refractivity contribution in [3.63, 3.8) is 0 Å². The maximum atomic E-state index is 14.8. The molecule has 3 rings (SSSR count). The maximum absolute atomic E-state index is 14.8. The van der Waals surface area contributed by atoms with E-state index < -0.39 is 23.8 Å². The van der Waals surface area contributed by atoms with Crippen molar-refractivity contribution in [2.75, 3.05) is 46.9 Å². The van der Waals surface area contributed by atoms with Gasteiger partial charge in [-0.3, -0.25) is 9.69 Å². The number of hydrogen-bond acceptors (Lipinski definition) is 6. The lowest BCUT2D eigenvalue weighted by Crippen LogP contribution is -2.49. The molecular formula is C19H22FN3O5. The predicted octanol–water partition coefficient (Wildman–Crippen LogP) is 1.93. The van der Waals surface area contributed by atoms with Crippen LogP contribution in [0.25, 0.3) is 10.9 Å². The van der Waals surface area contributed by atoms with E-state index in [0.717, 1.165) is 0 Å². The van der Waals surface area contributed by atoms with Crippen LogP contribution in [0.1, 0.15) is 11.5 Å². The maximum Gasteiger partial charge on any atom is 0.407 e. The number of nitrogens with zero attached hydrogens (tertiary/aromatic N) is 3. The van der Waals surface area contributed by atoms with Gasteiger partial charge in [-0.15, -0.1) is 0 Å². The Bertz CT molecular complexity index is 883. The van der Waals surface area contributed by atoms with Crippen LogP contribution >= 0.6 is 0 Å². The zero-order valence-electron chi connectivity index (χ0n) is 15.7. The number of carboxylic acid groups (broad SMARTS) is 1. The summed E-state index contributed by atoms with van der Waals surface area (Å²) < 4.78 is 24.9. The fourth-order valence-corrected chi connectivity index (χ4v) is 3.42. The average Bonchev–Trinajstić information content (AvgIpc) is 2.71. The Labute approximate surface area is 161 Å².